The average molecular weight is 276 g/mol. The van der Waals surface area contributed by atoms with Crippen molar-refractivity contribution in [3.63, 3.8) is 0 Å². The summed E-state index contributed by atoms with van der Waals surface area (Å²) in [5.41, 5.74) is 13.9. The molecule has 1 aromatic heterocycles. The molecule has 1 saturated heterocycles. The van der Waals surface area contributed by atoms with Crippen molar-refractivity contribution >= 4 is 11.7 Å². The number of pyridine rings is 1. The fourth-order valence-electron chi connectivity index (χ4n) is 2.99. The molecule has 1 aromatic rings. The monoisotopic (exact) mass is 276 g/mol. The fourth-order valence-corrected chi connectivity index (χ4v) is 2.99. The molecule has 1 unspecified atom stereocenters. The second-order valence-corrected chi connectivity index (χ2v) is 5.83. The number of rotatable bonds is 3. The Morgan fingerprint density at radius 3 is 2.50 bits per heavy atom. The number of nitrogens with zero attached hydrogens (tertiary/aromatic N) is 2. The Labute approximate surface area is 120 Å². The van der Waals surface area contributed by atoms with Crippen LogP contribution in [0.15, 0.2) is 6.07 Å². The molecular formula is C15H24N4O. The molecule has 1 aliphatic heterocycles. The van der Waals surface area contributed by atoms with Crippen LogP contribution in [0.2, 0.25) is 0 Å². The van der Waals surface area contributed by atoms with Crippen LogP contribution in [0.1, 0.15) is 41.4 Å². The highest BCUT2D eigenvalue weighted by Gasteiger charge is 2.26. The first-order valence-corrected chi connectivity index (χ1v) is 7.18. The van der Waals surface area contributed by atoms with Crippen LogP contribution in [-0.2, 0) is 0 Å². The molecule has 0 radical (unpaired) electrons. The molecule has 0 aromatic carbocycles. The molecule has 5 nitrogen and oxygen atoms in total. The van der Waals surface area contributed by atoms with Crippen molar-refractivity contribution < 1.29 is 4.79 Å². The molecule has 0 spiro atoms. The van der Waals surface area contributed by atoms with E-state index in [0.29, 0.717) is 11.5 Å². The van der Waals surface area contributed by atoms with Crippen molar-refractivity contribution in [3.8, 4) is 0 Å². The van der Waals surface area contributed by atoms with E-state index < -0.39 is 5.91 Å². The number of aromatic nitrogens is 1. The van der Waals surface area contributed by atoms with Crippen molar-refractivity contribution in [2.75, 3.05) is 18.0 Å². The van der Waals surface area contributed by atoms with Gasteiger partial charge in [0.2, 0.25) is 0 Å². The molecule has 1 fully saturated rings. The van der Waals surface area contributed by atoms with Gasteiger partial charge in [-0.05, 0) is 51.2 Å². The molecule has 110 valence electrons. The lowest BCUT2D eigenvalue weighted by molar-refractivity contribution is 0.0999. The number of hydrogen-bond acceptors (Lipinski definition) is 4. The van der Waals surface area contributed by atoms with Crippen molar-refractivity contribution in [1.29, 1.82) is 0 Å². The molecule has 20 heavy (non-hydrogen) atoms. The third-order valence-corrected chi connectivity index (χ3v) is 4.15. The maximum absolute atomic E-state index is 11.7. The summed E-state index contributed by atoms with van der Waals surface area (Å²) in [4.78, 5) is 18.4. The van der Waals surface area contributed by atoms with E-state index >= 15 is 0 Å². The third-order valence-electron chi connectivity index (χ3n) is 4.15. The topological polar surface area (TPSA) is 85.2 Å². The van der Waals surface area contributed by atoms with Gasteiger partial charge < -0.3 is 16.4 Å². The minimum absolute atomic E-state index is 0.222. The highest BCUT2D eigenvalue weighted by atomic mass is 16.1. The van der Waals surface area contributed by atoms with Gasteiger partial charge in [0.15, 0.2) is 0 Å². The first kappa shape index (κ1) is 14.8. The normalized spacial score (nSPS) is 18.1. The predicted molar refractivity (Wildman–Crippen MR) is 80.8 cm³/mol. The molecule has 1 amide bonds. The number of piperidine rings is 1. The van der Waals surface area contributed by atoms with Gasteiger partial charge in [-0.15, -0.1) is 0 Å². The Morgan fingerprint density at radius 2 is 2.00 bits per heavy atom. The maximum atomic E-state index is 11.7. The van der Waals surface area contributed by atoms with Crippen molar-refractivity contribution in [1.82, 2.24) is 4.98 Å². The molecule has 2 heterocycles. The van der Waals surface area contributed by atoms with E-state index in [9.17, 15) is 4.79 Å². The lowest BCUT2D eigenvalue weighted by Gasteiger charge is -2.35. The van der Waals surface area contributed by atoms with E-state index in [1.165, 1.54) is 0 Å². The van der Waals surface area contributed by atoms with E-state index in [1.54, 1.807) is 0 Å². The fraction of sp³-hybridized carbons (Fsp3) is 0.600. The number of carbonyl (C=O) groups excluding carboxylic acids is 1. The first-order chi connectivity index (χ1) is 9.40. The number of carbonyl (C=O) groups is 1. The largest absolute Gasteiger partial charge is 0.365 e. The van der Waals surface area contributed by atoms with E-state index in [1.807, 2.05) is 19.9 Å². The SMILES string of the molecule is Cc1cc(C)c(C(N)=O)c(N2CCC(C(C)N)CC2)n1. The van der Waals surface area contributed by atoms with Crippen LogP contribution >= 0.6 is 0 Å². The lowest BCUT2D eigenvalue weighted by atomic mass is 9.90. The Morgan fingerprint density at radius 1 is 1.40 bits per heavy atom. The Kier molecular flexibility index (Phi) is 4.28. The van der Waals surface area contributed by atoms with Crippen LogP contribution in [-0.4, -0.2) is 30.0 Å². The molecule has 5 heteroatoms. The molecule has 1 atom stereocenters. The zero-order valence-electron chi connectivity index (χ0n) is 12.5. The molecule has 1 aliphatic rings. The summed E-state index contributed by atoms with van der Waals surface area (Å²) in [6.07, 6.45) is 2.06. The summed E-state index contributed by atoms with van der Waals surface area (Å²) >= 11 is 0. The predicted octanol–water partition coefficient (Wildman–Crippen LogP) is 1.36. The first-order valence-electron chi connectivity index (χ1n) is 7.18. The standard InChI is InChI=1S/C15H24N4O/c1-9-8-10(2)18-15(13(9)14(17)20)19-6-4-12(5-7-19)11(3)16/h8,11-12H,4-7,16H2,1-3H3,(H2,17,20). The molecule has 0 bridgehead atoms. The second kappa shape index (κ2) is 5.79. The van der Waals surface area contributed by atoms with Crippen LogP contribution in [0.3, 0.4) is 0 Å². The quantitative estimate of drug-likeness (QED) is 0.873. The average Bonchev–Trinajstić information content (AvgIpc) is 2.37. The zero-order valence-corrected chi connectivity index (χ0v) is 12.5. The molecule has 0 saturated carbocycles. The van der Waals surface area contributed by atoms with Crippen molar-refractivity contribution in [2.45, 2.75) is 39.7 Å². The van der Waals surface area contributed by atoms with Gasteiger partial charge in [-0.3, -0.25) is 4.79 Å². The number of anilines is 1. The van der Waals surface area contributed by atoms with Crippen LogP contribution in [0.5, 0.6) is 0 Å². The minimum Gasteiger partial charge on any atom is -0.365 e. The maximum Gasteiger partial charge on any atom is 0.252 e. The van der Waals surface area contributed by atoms with Crippen LogP contribution < -0.4 is 16.4 Å². The molecule has 4 N–H and O–H groups in total. The highest BCUT2D eigenvalue weighted by molar-refractivity contribution is 5.99. The van der Waals surface area contributed by atoms with Crippen molar-refractivity contribution in [3.05, 3.63) is 22.9 Å². The Hall–Kier alpha value is -1.62. The number of primary amides is 1. The number of hydrogen-bond donors (Lipinski definition) is 2. The van der Waals surface area contributed by atoms with E-state index in [2.05, 4.69) is 16.8 Å². The van der Waals surface area contributed by atoms with E-state index in [4.69, 9.17) is 11.5 Å². The summed E-state index contributed by atoms with van der Waals surface area (Å²) < 4.78 is 0. The second-order valence-electron chi connectivity index (χ2n) is 5.83. The van der Waals surface area contributed by atoms with Gasteiger partial charge >= 0.3 is 0 Å². The zero-order chi connectivity index (χ0) is 14.9. The summed E-state index contributed by atoms with van der Waals surface area (Å²) in [6, 6.07) is 2.12. The van der Waals surface area contributed by atoms with Crippen LogP contribution in [0.4, 0.5) is 5.82 Å². The van der Waals surface area contributed by atoms with Gasteiger partial charge in [-0.2, -0.15) is 0 Å². The van der Waals surface area contributed by atoms with Gasteiger partial charge in [0.1, 0.15) is 5.82 Å². The van der Waals surface area contributed by atoms with E-state index in [0.717, 1.165) is 43.0 Å². The number of nitrogens with two attached hydrogens (primary N) is 2. The van der Waals surface area contributed by atoms with Crippen LogP contribution in [0, 0.1) is 19.8 Å². The van der Waals surface area contributed by atoms with Crippen LogP contribution in [0.25, 0.3) is 0 Å². The lowest BCUT2D eigenvalue weighted by Crippen LogP contribution is -2.41. The van der Waals surface area contributed by atoms with Gasteiger partial charge in [-0.1, -0.05) is 0 Å². The molecule has 0 aliphatic carbocycles. The highest BCUT2D eigenvalue weighted by Crippen LogP contribution is 2.27. The number of aryl methyl sites for hydroxylation is 2. The van der Waals surface area contributed by atoms with E-state index in [-0.39, 0.29) is 6.04 Å². The number of amides is 1. The third kappa shape index (κ3) is 2.93. The summed E-state index contributed by atoms with van der Waals surface area (Å²) in [7, 11) is 0. The minimum atomic E-state index is -0.403. The van der Waals surface area contributed by atoms with Gasteiger partial charge in [0, 0.05) is 24.8 Å². The van der Waals surface area contributed by atoms with Gasteiger partial charge in [0.05, 0.1) is 5.56 Å². The molecule has 2 rings (SSSR count). The Bertz CT molecular complexity index is 505. The summed E-state index contributed by atoms with van der Waals surface area (Å²) in [5, 5.41) is 0. The summed E-state index contributed by atoms with van der Waals surface area (Å²) in [5.74, 6) is 0.881. The molecular weight excluding hydrogens is 252 g/mol. The Balaban J connectivity index is 2.27. The van der Waals surface area contributed by atoms with Gasteiger partial charge in [0.25, 0.3) is 5.91 Å². The summed E-state index contributed by atoms with van der Waals surface area (Å²) in [6.45, 7) is 7.66. The van der Waals surface area contributed by atoms with Crippen molar-refractivity contribution in [2.24, 2.45) is 17.4 Å². The smallest absolute Gasteiger partial charge is 0.252 e. The van der Waals surface area contributed by atoms with Gasteiger partial charge in [-0.25, -0.2) is 4.98 Å².